The Balaban J connectivity index is 2.65. The summed E-state index contributed by atoms with van der Waals surface area (Å²) in [4.78, 5) is 21.3. The maximum Gasteiger partial charge on any atom is 0.497 e. The molecule has 0 fully saturated rings. The van der Waals surface area contributed by atoms with E-state index in [1.165, 1.54) is 14.2 Å². The smallest absolute Gasteiger partial charge is 0.462 e. The number of ether oxygens (including phenoxy) is 1. The molecule has 1 aromatic carbocycles. The van der Waals surface area contributed by atoms with Gasteiger partial charge in [0.15, 0.2) is 23.3 Å². The fraction of sp³-hybridized carbons (Fsp3) is 0.462. The van der Waals surface area contributed by atoms with E-state index in [-0.39, 0.29) is 25.5 Å². The zero-order valence-electron chi connectivity index (χ0n) is 12.8. The molecule has 0 spiro atoms. The van der Waals surface area contributed by atoms with E-state index < -0.39 is 49.4 Å². The van der Waals surface area contributed by atoms with E-state index in [2.05, 4.69) is 4.74 Å². The summed E-state index contributed by atoms with van der Waals surface area (Å²) in [6.07, 6.45) is 0.442. The highest BCUT2D eigenvalue weighted by Crippen LogP contribution is 2.23. The van der Waals surface area contributed by atoms with E-state index in [4.69, 9.17) is 8.85 Å². The zero-order valence-corrected chi connectivity index (χ0v) is 13.8. The molecule has 0 saturated carbocycles. The second kappa shape index (κ2) is 8.51. The normalized spacial score (nSPS) is 11.7. The quantitative estimate of drug-likeness (QED) is 0.189. The number of unbranched alkanes of at least 4 members (excludes halogenated alkanes) is 1. The van der Waals surface area contributed by atoms with Crippen LogP contribution < -0.4 is 0 Å². The van der Waals surface area contributed by atoms with E-state index in [0.29, 0.717) is 0 Å². The average Bonchev–Trinajstić information content (AvgIpc) is 2.57. The maximum absolute atomic E-state index is 13.4. The Hall–Kier alpha value is -1.56. The molecule has 0 aliphatic rings. The first-order valence-corrected chi connectivity index (χ1v) is 8.66. The van der Waals surface area contributed by atoms with Crippen LogP contribution in [0.5, 0.6) is 0 Å². The monoisotopic (exact) mass is 374 g/mol. The van der Waals surface area contributed by atoms with Crippen molar-refractivity contribution in [2.75, 3.05) is 20.8 Å². The van der Waals surface area contributed by atoms with Crippen LogP contribution in [0, 0.1) is 29.1 Å². The fourth-order valence-electron chi connectivity index (χ4n) is 1.76. The molecule has 0 amide bonds. The number of carbonyl (C=O) groups is 1. The minimum Gasteiger partial charge on any atom is -0.462 e. The van der Waals surface area contributed by atoms with Crippen LogP contribution in [0.15, 0.2) is 0 Å². The summed E-state index contributed by atoms with van der Waals surface area (Å²) >= 11 is 0. The third-order valence-electron chi connectivity index (χ3n) is 3.17. The van der Waals surface area contributed by atoms with Crippen LogP contribution in [-0.4, -0.2) is 40.4 Å². The molecule has 24 heavy (non-hydrogen) atoms. The summed E-state index contributed by atoms with van der Waals surface area (Å²) in [6, 6.07) is 0.139. The van der Waals surface area contributed by atoms with Gasteiger partial charge in [-0.25, -0.2) is 26.7 Å². The third-order valence-corrected chi connectivity index (χ3v) is 5.43. The number of hydrogen-bond donors (Lipinski definition) is 1. The second-order valence-electron chi connectivity index (χ2n) is 4.66. The highest BCUT2D eigenvalue weighted by Gasteiger charge is 2.33. The Morgan fingerprint density at radius 2 is 1.38 bits per heavy atom. The number of halogens is 5. The van der Waals surface area contributed by atoms with Crippen LogP contribution >= 0.6 is 0 Å². The number of rotatable bonds is 8. The Kier molecular flexibility index (Phi) is 7.26. The van der Waals surface area contributed by atoms with Crippen molar-refractivity contribution in [3.8, 4) is 0 Å². The first-order chi connectivity index (χ1) is 11.2. The van der Waals surface area contributed by atoms with E-state index in [9.17, 15) is 31.5 Å². The van der Waals surface area contributed by atoms with Gasteiger partial charge in [-0.1, -0.05) is 0 Å². The van der Waals surface area contributed by atoms with Crippen molar-refractivity contribution in [1.29, 1.82) is 0 Å². The van der Waals surface area contributed by atoms with Crippen molar-refractivity contribution in [3.05, 3.63) is 34.6 Å². The number of hydrogen-bond acceptors (Lipinski definition) is 5. The molecule has 11 heteroatoms. The molecule has 0 aliphatic carbocycles. The first-order valence-electron chi connectivity index (χ1n) is 6.69. The van der Waals surface area contributed by atoms with Crippen LogP contribution in [0.1, 0.15) is 23.2 Å². The molecule has 0 heterocycles. The second-order valence-corrected chi connectivity index (χ2v) is 7.40. The number of benzene rings is 1. The van der Waals surface area contributed by atoms with Crippen LogP contribution in [0.3, 0.4) is 0 Å². The molecule has 1 aromatic rings. The molecule has 0 atom stereocenters. The number of carbonyl (C=O) groups excluding carboxylic acids is 1. The maximum atomic E-state index is 13.4. The van der Waals surface area contributed by atoms with Crippen molar-refractivity contribution in [2.45, 2.75) is 18.9 Å². The predicted octanol–water partition coefficient (Wildman–Crippen LogP) is 2.54. The third kappa shape index (κ3) is 4.50. The van der Waals surface area contributed by atoms with Gasteiger partial charge in [0, 0.05) is 20.3 Å². The Morgan fingerprint density at radius 3 is 1.83 bits per heavy atom. The Bertz CT molecular complexity index is 580. The van der Waals surface area contributed by atoms with E-state index in [1.807, 2.05) is 0 Å². The molecule has 0 aliphatic heterocycles. The standard InChI is InChI=1S/C13H15F5O5Si/c1-21-24(20,22-2)6-4-3-5-23-13(19)7-8(14)10(16)12(18)11(17)9(7)15/h20H,3-6H2,1-2H3. The summed E-state index contributed by atoms with van der Waals surface area (Å²) in [6.45, 7) is -0.351. The van der Waals surface area contributed by atoms with E-state index in [1.54, 1.807) is 0 Å². The lowest BCUT2D eigenvalue weighted by Crippen LogP contribution is -2.40. The minimum atomic E-state index is -3.28. The van der Waals surface area contributed by atoms with Crippen LogP contribution in [0.25, 0.3) is 0 Å². The van der Waals surface area contributed by atoms with Gasteiger partial charge in [0.1, 0.15) is 5.56 Å². The van der Waals surface area contributed by atoms with Gasteiger partial charge in [0.25, 0.3) is 0 Å². The first kappa shape index (κ1) is 20.5. The molecule has 0 unspecified atom stereocenters. The Morgan fingerprint density at radius 1 is 0.917 bits per heavy atom. The van der Waals surface area contributed by atoms with Crippen LogP contribution in [-0.2, 0) is 13.6 Å². The lowest BCUT2D eigenvalue weighted by atomic mass is 10.1. The highest BCUT2D eigenvalue weighted by atomic mass is 28.4. The lowest BCUT2D eigenvalue weighted by Gasteiger charge is -2.19. The number of esters is 1. The van der Waals surface area contributed by atoms with Crippen molar-refractivity contribution in [2.24, 2.45) is 0 Å². The van der Waals surface area contributed by atoms with Crippen molar-refractivity contribution >= 4 is 14.8 Å². The van der Waals surface area contributed by atoms with Crippen molar-refractivity contribution < 1.29 is 45.1 Å². The average molecular weight is 374 g/mol. The summed E-state index contributed by atoms with van der Waals surface area (Å²) < 4.78 is 79.7. The molecule has 1 rings (SSSR count). The van der Waals surface area contributed by atoms with Gasteiger partial charge in [-0.15, -0.1) is 0 Å². The minimum absolute atomic E-state index is 0.139. The summed E-state index contributed by atoms with van der Waals surface area (Å²) in [5.74, 6) is -13.0. The molecule has 5 nitrogen and oxygen atoms in total. The topological polar surface area (TPSA) is 65.0 Å². The SMILES string of the molecule is CO[Si](O)(CCCCOC(=O)c1c(F)c(F)c(F)c(F)c1F)OC. The summed E-state index contributed by atoms with van der Waals surface area (Å²) in [5, 5.41) is 0. The molecule has 0 saturated heterocycles. The zero-order chi connectivity index (χ0) is 18.5. The molecule has 0 radical (unpaired) electrons. The van der Waals surface area contributed by atoms with Crippen LogP contribution in [0.2, 0.25) is 6.04 Å². The molecular formula is C13H15F5O5Si. The van der Waals surface area contributed by atoms with Crippen molar-refractivity contribution in [3.63, 3.8) is 0 Å². The Labute approximate surface area is 135 Å². The predicted molar refractivity (Wildman–Crippen MR) is 72.5 cm³/mol. The van der Waals surface area contributed by atoms with Gasteiger partial charge < -0.3 is 18.4 Å². The van der Waals surface area contributed by atoms with E-state index in [0.717, 1.165) is 0 Å². The molecule has 0 aromatic heterocycles. The van der Waals surface area contributed by atoms with E-state index >= 15 is 0 Å². The lowest BCUT2D eigenvalue weighted by molar-refractivity contribution is 0.0483. The van der Waals surface area contributed by atoms with Gasteiger partial charge in [0.2, 0.25) is 5.82 Å². The molecular weight excluding hydrogens is 359 g/mol. The highest BCUT2D eigenvalue weighted by molar-refractivity contribution is 6.59. The fourth-order valence-corrected chi connectivity index (χ4v) is 3.03. The van der Waals surface area contributed by atoms with Gasteiger partial charge in [-0.05, 0) is 12.8 Å². The van der Waals surface area contributed by atoms with Crippen LogP contribution in [0.4, 0.5) is 22.0 Å². The largest absolute Gasteiger partial charge is 0.497 e. The van der Waals surface area contributed by atoms with Gasteiger partial charge in [0.05, 0.1) is 6.61 Å². The molecule has 0 bridgehead atoms. The van der Waals surface area contributed by atoms with Gasteiger partial charge in [-0.2, -0.15) is 0 Å². The summed E-state index contributed by atoms with van der Waals surface area (Å²) in [7, 11) is -0.753. The molecule has 136 valence electrons. The van der Waals surface area contributed by atoms with Gasteiger partial charge >= 0.3 is 14.8 Å². The van der Waals surface area contributed by atoms with Gasteiger partial charge in [-0.3, -0.25) is 0 Å². The van der Waals surface area contributed by atoms with Crippen molar-refractivity contribution in [1.82, 2.24) is 0 Å². The molecule has 1 N–H and O–H groups in total. The summed E-state index contributed by atoms with van der Waals surface area (Å²) in [5.41, 5.74) is -1.65.